The molecule has 126 valence electrons. The number of aromatic nitrogens is 1. The molecular formula is C19H23N3O2. The highest BCUT2D eigenvalue weighted by atomic mass is 16.3. The lowest BCUT2D eigenvalue weighted by Gasteiger charge is -2.33. The number of carbonyl (C=O) groups excluding carboxylic acids is 1. The van der Waals surface area contributed by atoms with Gasteiger partial charge >= 0.3 is 0 Å². The van der Waals surface area contributed by atoms with Crippen molar-refractivity contribution in [2.75, 3.05) is 24.5 Å². The average Bonchev–Trinajstić information content (AvgIpc) is 2.63. The highest BCUT2D eigenvalue weighted by Crippen LogP contribution is 2.18. The average molecular weight is 325 g/mol. The summed E-state index contributed by atoms with van der Waals surface area (Å²) in [5, 5.41) is 9.80. The molecule has 1 aromatic carbocycles. The zero-order valence-corrected chi connectivity index (χ0v) is 13.7. The van der Waals surface area contributed by atoms with E-state index in [9.17, 15) is 9.90 Å². The molecule has 1 saturated heterocycles. The molecule has 1 aliphatic rings. The number of piperidine rings is 1. The standard InChI is InChI=1S/C19H23N3O2/c23-18-9-5-11-21(14-18)19(24)15-22(17-7-2-1-3-8-17)13-16-6-4-10-20-12-16/h1-4,6-8,10,12,18,23H,5,9,11,13-15H2. The summed E-state index contributed by atoms with van der Waals surface area (Å²) in [5.41, 5.74) is 2.07. The van der Waals surface area contributed by atoms with Crippen LogP contribution in [0.2, 0.25) is 0 Å². The number of amides is 1. The topological polar surface area (TPSA) is 56.7 Å². The second kappa shape index (κ2) is 7.93. The van der Waals surface area contributed by atoms with Gasteiger partial charge in [-0.1, -0.05) is 24.3 Å². The lowest BCUT2D eigenvalue weighted by Crippen LogP contribution is -2.46. The van der Waals surface area contributed by atoms with Crippen molar-refractivity contribution in [2.24, 2.45) is 0 Å². The molecule has 24 heavy (non-hydrogen) atoms. The van der Waals surface area contributed by atoms with Crippen molar-refractivity contribution in [3.8, 4) is 0 Å². The minimum atomic E-state index is -0.397. The van der Waals surface area contributed by atoms with Gasteiger partial charge in [-0.2, -0.15) is 0 Å². The van der Waals surface area contributed by atoms with E-state index in [4.69, 9.17) is 0 Å². The first-order valence-corrected chi connectivity index (χ1v) is 8.37. The first kappa shape index (κ1) is 16.5. The molecular weight excluding hydrogens is 302 g/mol. The Balaban J connectivity index is 1.73. The smallest absolute Gasteiger partial charge is 0.242 e. The van der Waals surface area contributed by atoms with Gasteiger partial charge in [-0.15, -0.1) is 0 Å². The summed E-state index contributed by atoms with van der Waals surface area (Å²) in [6, 6.07) is 13.8. The van der Waals surface area contributed by atoms with Gasteiger partial charge in [-0.25, -0.2) is 0 Å². The third-order valence-electron chi connectivity index (χ3n) is 4.29. The Morgan fingerprint density at radius 3 is 2.79 bits per heavy atom. The molecule has 0 spiro atoms. The summed E-state index contributed by atoms with van der Waals surface area (Å²) < 4.78 is 0. The molecule has 1 aliphatic heterocycles. The Bertz CT molecular complexity index is 648. The number of likely N-dealkylation sites (tertiary alicyclic amines) is 1. The van der Waals surface area contributed by atoms with Crippen LogP contribution in [0.5, 0.6) is 0 Å². The van der Waals surface area contributed by atoms with Crippen molar-refractivity contribution in [1.82, 2.24) is 9.88 Å². The van der Waals surface area contributed by atoms with Gasteiger partial charge in [0.25, 0.3) is 0 Å². The molecule has 1 N–H and O–H groups in total. The van der Waals surface area contributed by atoms with E-state index in [1.54, 1.807) is 11.1 Å². The molecule has 5 heteroatoms. The van der Waals surface area contributed by atoms with Crippen LogP contribution < -0.4 is 4.90 Å². The van der Waals surface area contributed by atoms with Crippen molar-refractivity contribution in [2.45, 2.75) is 25.5 Å². The lowest BCUT2D eigenvalue weighted by atomic mass is 10.1. The number of carbonyl (C=O) groups is 1. The van der Waals surface area contributed by atoms with Gasteiger partial charge in [-0.3, -0.25) is 9.78 Å². The summed E-state index contributed by atoms with van der Waals surface area (Å²) in [6.45, 7) is 2.09. The summed E-state index contributed by atoms with van der Waals surface area (Å²) in [7, 11) is 0. The van der Waals surface area contributed by atoms with Crippen molar-refractivity contribution < 1.29 is 9.90 Å². The van der Waals surface area contributed by atoms with Crippen LogP contribution >= 0.6 is 0 Å². The number of aliphatic hydroxyl groups is 1. The van der Waals surface area contributed by atoms with Crippen molar-refractivity contribution in [3.63, 3.8) is 0 Å². The summed E-state index contributed by atoms with van der Waals surface area (Å²) in [5.74, 6) is 0.0569. The summed E-state index contributed by atoms with van der Waals surface area (Å²) >= 11 is 0. The molecule has 0 radical (unpaired) electrons. The van der Waals surface area contributed by atoms with E-state index in [1.807, 2.05) is 48.7 Å². The van der Waals surface area contributed by atoms with Crippen LogP contribution in [0, 0.1) is 0 Å². The van der Waals surface area contributed by atoms with Crippen molar-refractivity contribution in [1.29, 1.82) is 0 Å². The fraction of sp³-hybridized carbons (Fsp3) is 0.368. The van der Waals surface area contributed by atoms with Crippen LogP contribution in [0.15, 0.2) is 54.9 Å². The minimum absolute atomic E-state index is 0.0569. The van der Waals surface area contributed by atoms with Crippen LogP contribution in [0.3, 0.4) is 0 Å². The molecule has 2 aromatic rings. The largest absolute Gasteiger partial charge is 0.391 e. The number of rotatable bonds is 5. The molecule has 0 saturated carbocycles. The van der Waals surface area contributed by atoms with Gasteiger partial charge in [-0.05, 0) is 36.6 Å². The first-order valence-electron chi connectivity index (χ1n) is 8.37. The van der Waals surface area contributed by atoms with E-state index in [0.29, 0.717) is 19.6 Å². The molecule has 1 atom stereocenters. The Morgan fingerprint density at radius 1 is 1.25 bits per heavy atom. The second-order valence-corrected chi connectivity index (χ2v) is 6.19. The first-order chi connectivity index (χ1) is 11.7. The molecule has 2 heterocycles. The van der Waals surface area contributed by atoms with Gasteiger partial charge in [0.05, 0.1) is 12.6 Å². The number of aliphatic hydroxyl groups excluding tert-OH is 1. The van der Waals surface area contributed by atoms with Gasteiger partial charge in [0.1, 0.15) is 0 Å². The Hall–Kier alpha value is -2.40. The van der Waals surface area contributed by atoms with Crippen LogP contribution in [-0.2, 0) is 11.3 Å². The van der Waals surface area contributed by atoms with Crippen molar-refractivity contribution in [3.05, 3.63) is 60.4 Å². The van der Waals surface area contributed by atoms with Gasteiger partial charge in [0.2, 0.25) is 5.91 Å². The maximum absolute atomic E-state index is 12.7. The molecule has 1 unspecified atom stereocenters. The molecule has 0 bridgehead atoms. The fourth-order valence-corrected chi connectivity index (χ4v) is 3.03. The SMILES string of the molecule is O=C(CN(Cc1cccnc1)c1ccccc1)N1CCCC(O)C1. The maximum atomic E-state index is 12.7. The number of anilines is 1. The highest BCUT2D eigenvalue weighted by molar-refractivity contribution is 5.81. The molecule has 1 aromatic heterocycles. The number of benzene rings is 1. The molecule has 0 aliphatic carbocycles. The molecule has 1 amide bonds. The monoisotopic (exact) mass is 325 g/mol. The van der Waals surface area contributed by atoms with Crippen LogP contribution in [0.1, 0.15) is 18.4 Å². The van der Waals surface area contributed by atoms with Crippen LogP contribution in [0.25, 0.3) is 0 Å². The normalized spacial score (nSPS) is 17.5. The predicted molar refractivity (Wildman–Crippen MR) is 93.5 cm³/mol. The molecule has 1 fully saturated rings. The number of β-amino-alcohol motifs (C(OH)–C–C–N with tert-alkyl or cyclic N) is 1. The van der Waals surface area contributed by atoms with Crippen LogP contribution in [-0.4, -0.2) is 46.6 Å². The Morgan fingerprint density at radius 2 is 2.08 bits per heavy atom. The van der Waals surface area contributed by atoms with Gasteiger partial charge < -0.3 is 14.9 Å². The van der Waals surface area contributed by atoms with E-state index in [0.717, 1.165) is 30.6 Å². The summed E-state index contributed by atoms with van der Waals surface area (Å²) in [4.78, 5) is 20.7. The zero-order valence-electron chi connectivity index (χ0n) is 13.7. The number of pyridine rings is 1. The maximum Gasteiger partial charge on any atom is 0.242 e. The van der Waals surface area contributed by atoms with E-state index in [1.165, 1.54) is 0 Å². The Kier molecular flexibility index (Phi) is 5.43. The minimum Gasteiger partial charge on any atom is -0.391 e. The lowest BCUT2D eigenvalue weighted by molar-refractivity contribution is -0.132. The van der Waals surface area contributed by atoms with Gasteiger partial charge in [0, 0.05) is 37.7 Å². The molecule has 3 rings (SSSR count). The number of nitrogens with zero attached hydrogens (tertiary/aromatic N) is 3. The Labute approximate surface area is 142 Å². The van der Waals surface area contributed by atoms with Gasteiger partial charge in [0.15, 0.2) is 0 Å². The third-order valence-corrected chi connectivity index (χ3v) is 4.29. The van der Waals surface area contributed by atoms with E-state index in [-0.39, 0.29) is 5.91 Å². The zero-order chi connectivity index (χ0) is 16.8. The van der Waals surface area contributed by atoms with Crippen molar-refractivity contribution >= 4 is 11.6 Å². The van der Waals surface area contributed by atoms with Crippen LogP contribution in [0.4, 0.5) is 5.69 Å². The van der Waals surface area contributed by atoms with E-state index in [2.05, 4.69) is 9.88 Å². The predicted octanol–water partition coefficient (Wildman–Crippen LogP) is 2.07. The number of para-hydroxylation sites is 1. The molecule has 5 nitrogen and oxygen atoms in total. The quantitative estimate of drug-likeness (QED) is 0.914. The van der Waals surface area contributed by atoms with E-state index >= 15 is 0 Å². The number of hydrogen-bond acceptors (Lipinski definition) is 4. The highest BCUT2D eigenvalue weighted by Gasteiger charge is 2.23. The third kappa shape index (κ3) is 4.32. The number of hydrogen-bond donors (Lipinski definition) is 1. The fourth-order valence-electron chi connectivity index (χ4n) is 3.03. The second-order valence-electron chi connectivity index (χ2n) is 6.19. The summed E-state index contributed by atoms with van der Waals surface area (Å²) in [6.07, 6.45) is 4.82. The van der Waals surface area contributed by atoms with E-state index < -0.39 is 6.10 Å².